The van der Waals surface area contributed by atoms with E-state index in [1.165, 1.54) is 6.42 Å². The van der Waals surface area contributed by atoms with Crippen molar-refractivity contribution in [2.75, 3.05) is 13.1 Å². The molecule has 2 unspecified atom stereocenters. The summed E-state index contributed by atoms with van der Waals surface area (Å²) in [4.78, 5) is 4.07. The zero-order valence-corrected chi connectivity index (χ0v) is 9.15. The van der Waals surface area contributed by atoms with E-state index in [4.69, 9.17) is 4.74 Å². The van der Waals surface area contributed by atoms with Crippen LogP contribution in [0.1, 0.15) is 18.9 Å². The first kappa shape index (κ1) is 10.6. The molecule has 0 amide bonds. The standard InChI is InChI=1S/C12H18N2O/c1-10-4-6-14-8-12(10)15-9-11-3-2-5-13-7-11/h2-3,5,7,10,12,14H,4,6,8-9H2,1H3. The van der Waals surface area contributed by atoms with Crippen molar-refractivity contribution in [2.24, 2.45) is 5.92 Å². The summed E-state index contributed by atoms with van der Waals surface area (Å²) in [6, 6.07) is 4.00. The van der Waals surface area contributed by atoms with E-state index in [2.05, 4.69) is 17.2 Å². The molecule has 15 heavy (non-hydrogen) atoms. The molecule has 0 aromatic carbocycles. The maximum absolute atomic E-state index is 5.88. The molecule has 0 saturated carbocycles. The van der Waals surface area contributed by atoms with Crippen LogP contribution in [-0.2, 0) is 11.3 Å². The van der Waals surface area contributed by atoms with Gasteiger partial charge < -0.3 is 10.1 Å². The predicted octanol–water partition coefficient (Wildman–Crippen LogP) is 1.60. The number of hydrogen-bond acceptors (Lipinski definition) is 3. The molecule has 1 N–H and O–H groups in total. The van der Waals surface area contributed by atoms with Crippen LogP contribution in [0.25, 0.3) is 0 Å². The number of ether oxygens (including phenoxy) is 1. The summed E-state index contributed by atoms with van der Waals surface area (Å²) < 4.78 is 5.88. The topological polar surface area (TPSA) is 34.1 Å². The van der Waals surface area contributed by atoms with Crippen LogP contribution in [0.15, 0.2) is 24.5 Å². The lowest BCUT2D eigenvalue weighted by Crippen LogP contribution is -2.40. The van der Waals surface area contributed by atoms with E-state index in [1.54, 1.807) is 6.20 Å². The molecule has 0 radical (unpaired) electrons. The van der Waals surface area contributed by atoms with E-state index < -0.39 is 0 Å². The van der Waals surface area contributed by atoms with E-state index >= 15 is 0 Å². The molecule has 82 valence electrons. The molecule has 2 rings (SSSR count). The average Bonchev–Trinajstić information content (AvgIpc) is 2.29. The Morgan fingerprint density at radius 2 is 2.53 bits per heavy atom. The Balaban J connectivity index is 1.82. The number of nitrogens with one attached hydrogen (secondary N) is 1. The molecule has 3 nitrogen and oxygen atoms in total. The van der Waals surface area contributed by atoms with Gasteiger partial charge in [-0.3, -0.25) is 4.98 Å². The Bertz CT molecular complexity index is 289. The predicted molar refractivity (Wildman–Crippen MR) is 59.5 cm³/mol. The molecule has 0 spiro atoms. The highest BCUT2D eigenvalue weighted by atomic mass is 16.5. The van der Waals surface area contributed by atoms with Gasteiger partial charge in [-0.2, -0.15) is 0 Å². The molecular weight excluding hydrogens is 188 g/mol. The van der Waals surface area contributed by atoms with Crippen LogP contribution in [0.4, 0.5) is 0 Å². The van der Waals surface area contributed by atoms with Gasteiger partial charge in [-0.1, -0.05) is 13.0 Å². The number of hydrogen-bond donors (Lipinski definition) is 1. The van der Waals surface area contributed by atoms with Crippen molar-refractivity contribution in [3.63, 3.8) is 0 Å². The summed E-state index contributed by atoms with van der Waals surface area (Å²) in [5, 5.41) is 3.36. The van der Waals surface area contributed by atoms with Crippen LogP contribution in [-0.4, -0.2) is 24.2 Å². The number of piperidine rings is 1. The monoisotopic (exact) mass is 206 g/mol. The van der Waals surface area contributed by atoms with Gasteiger partial charge in [0.15, 0.2) is 0 Å². The number of nitrogens with zero attached hydrogens (tertiary/aromatic N) is 1. The van der Waals surface area contributed by atoms with Gasteiger partial charge in [-0.15, -0.1) is 0 Å². The molecule has 1 aromatic heterocycles. The third kappa shape index (κ3) is 3.01. The van der Waals surface area contributed by atoms with Gasteiger partial charge in [0, 0.05) is 18.9 Å². The Kier molecular flexibility index (Phi) is 3.69. The molecule has 0 aliphatic carbocycles. The largest absolute Gasteiger partial charge is 0.372 e. The Morgan fingerprint density at radius 1 is 1.60 bits per heavy atom. The van der Waals surface area contributed by atoms with Crippen molar-refractivity contribution in [2.45, 2.75) is 26.1 Å². The van der Waals surface area contributed by atoms with Crippen molar-refractivity contribution in [3.05, 3.63) is 30.1 Å². The van der Waals surface area contributed by atoms with Crippen molar-refractivity contribution in [1.82, 2.24) is 10.3 Å². The van der Waals surface area contributed by atoms with E-state index in [0.717, 1.165) is 18.7 Å². The van der Waals surface area contributed by atoms with E-state index in [9.17, 15) is 0 Å². The Hall–Kier alpha value is -0.930. The highest BCUT2D eigenvalue weighted by Crippen LogP contribution is 2.16. The third-order valence-corrected chi connectivity index (χ3v) is 2.94. The van der Waals surface area contributed by atoms with Gasteiger partial charge in [-0.05, 0) is 30.5 Å². The number of aromatic nitrogens is 1. The molecule has 2 heterocycles. The molecular formula is C12H18N2O. The van der Waals surface area contributed by atoms with Gasteiger partial charge in [-0.25, -0.2) is 0 Å². The zero-order chi connectivity index (χ0) is 10.5. The van der Waals surface area contributed by atoms with Crippen LogP contribution in [0.2, 0.25) is 0 Å². The van der Waals surface area contributed by atoms with Gasteiger partial charge in [0.1, 0.15) is 0 Å². The first-order chi connectivity index (χ1) is 7.36. The minimum Gasteiger partial charge on any atom is -0.372 e. The molecule has 1 aliphatic rings. The SMILES string of the molecule is CC1CCNCC1OCc1cccnc1. The van der Waals surface area contributed by atoms with Gasteiger partial charge in [0.05, 0.1) is 12.7 Å². The highest BCUT2D eigenvalue weighted by Gasteiger charge is 2.21. The average molecular weight is 206 g/mol. The maximum Gasteiger partial charge on any atom is 0.0736 e. The fourth-order valence-corrected chi connectivity index (χ4v) is 1.87. The highest BCUT2D eigenvalue weighted by molar-refractivity contribution is 5.06. The molecule has 1 fully saturated rings. The molecule has 2 atom stereocenters. The summed E-state index contributed by atoms with van der Waals surface area (Å²) in [6.45, 7) is 5.02. The summed E-state index contributed by atoms with van der Waals surface area (Å²) >= 11 is 0. The van der Waals surface area contributed by atoms with Crippen molar-refractivity contribution in [1.29, 1.82) is 0 Å². The number of rotatable bonds is 3. The molecule has 1 saturated heterocycles. The first-order valence-electron chi connectivity index (χ1n) is 5.57. The zero-order valence-electron chi connectivity index (χ0n) is 9.15. The van der Waals surface area contributed by atoms with Crippen molar-refractivity contribution >= 4 is 0 Å². The third-order valence-electron chi connectivity index (χ3n) is 2.94. The van der Waals surface area contributed by atoms with E-state index in [-0.39, 0.29) is 0 Å². The summed E-state index contributed by atoms with van der Waals surface area (Å²) in [6.07, 6.45) is 5.20. The minimum atomic E-state index is 0.346. The van der Waals surface area contributed by atoms with Crippen LogP contribution in [0.3, 0.4) is 0 Å². The van der Waals surface area contributed by atoms with Crippen molar-refractivity contribution < 1.29 is 4.74 Å². The van der Waals surface area contributed by atoms with E-state index in [1.807, 2.05) is 18.3 Å². The second-order valence-corrected chi connectivity index (χ2v) is 4.18. The lowest BCUT2D eigenvalue weighted by molar-refractivity contribution is -0.00668. The quantitative estimate of drug-likeness (QED) is 0.815. The second kappa shape index (κ2) is 5.24. The van der Waals surface area contributed by atoms with Gasteiger partial charge in [0.25, 0.3) is 0 Å². The van der Waals surface area contributed by atoms with Crippen LogP contribution in [0, 0.1) is 5.92 Å². The molecule has 3 heteroatoms. The second-order valence-electron chi connectivity index (χ2n) is 4.18. The fraction of sp³-hybridized carbons (Fsp3) is 0.583. The minimum absolute atomic E-state index is 0.346. The first-order valence-corrected chi connectivity index (χ1v) is 5.57. The number of pyridine rings is 1. The van der Waals surface area contributed by atoms with Crippen LogP contribution in [0.5, 0.6) is 0 Å². The Labute approximate surface area is 90.9 Å². The molecule has 1 aliphatic heterocycles. The smallest absolute Gasteiger partial charge is 0.0736 e. The maximum atomic E-state index is 5.88. The van der Waals surface area contributed by atoms with Gasteiger partial charge >= 0.3 is 0 Å². The van der Waals surface area contributed by atoms with Gasteiger partial charge in [0.2, 0.25) is 0 Å². The van der Waals surface area contributed by atoms with Crippen LogP contribution < -0.4 is 5.32 Å². The lowest BCUT2D eigenvalue weighted by Gasteiger charge is -2.29. The molecule has 1 aromatic rings. The summed E-state index contributed by atoms with van der Waals surface area (Å²) in [7, 11) is 0. The van der Waals surface area contributed by atoms with Crippen molar-refractivity contribution in [3.8, 4) is 0 Å². The Morgan fingerprint density at radius 3 is 3.27 bits per heavy atom. The lowest BCUT2D eigenvalue weighted by atomic mass is 9.97. The van der Waals surface area contributed by atoms with Crippen LogP contribution >= 0.6 is 0 Å². The molecule has 0 bridgehead atoms. The fourth-order valence-electron chi connectivity index (χ4n) is 1.87. The normalized spacial score (nSPS) is 26.5. The van der Waals surface area contributed by atoms with E-state index in [0.29, 0.717) is 18.6 Å². The summed E-state index contributed by atoms with van der Waals surface area (Å²) in [5.74, 6) is 0.655. The summed E-state index contributed by atoms with van der Waals surface area (Å²) in [5.41, 5.74) is 1.15.